The average Bonchev–Trinajstić information content (AvgIpc) is 2.65. The first kappa shape index (κ1) is 12.9. The highest BCUT2D eigenvalue weighted by Crippen LogP contribution is 2.24. The summed E-state index contributed by atoms with van der Waals surface area (Å²) in [7, 11) is 0. The molecule has 10 heteroatoms. The average molecular weight is 255 g/mol. The van der Waals surface area contributed by atoms with Crippen LogP contribution in [0.4, 0.5) is 23.4 Å². The molecule has 0 saturated heterocycles. The quantitative estimate of drug-likeness (QED) is 0.698. The van der Waals surface area contributed by atoms with Crippen molar-refractivity contribution in [1.82, 2.24) is 10.2 Å². The maximum Gasteiger partial charge on any atom is 0.383 e. The molecule has 3 N–H and O–H groups in total. The lowest BCUT2D eigenvalue weighted by Gasteiger charge is -2.13. The molecule has 0 unspecified atom stereocenters. The lowest BCUT2D eigenvalue weighted by Crippen LogP contribution is -2.41. The third-order valence-corrected chi connectivity index (χ3v) is 1.63. The van der Waals surface area contributed by atoms with Crippen molar-refractivity contribution in [3.8, 4) is 0 Å². The van der Waals surface area contributed by atoms with Crippen molar-refractivity contribution in [1.29, 1.82) is 0 Å². The summed E-state index contributed by atoms with van der Waals surface area (Å²) in [6.45, 7) is 0. The van der Waals surface area contributed by atoms with Crippen molar-refractivity contribution >= 4 is 17.7 Å². The minimum absolute atomic E-state index is 0.485. The highest BCUT2D eigenvalue weighted by Gasteiger charge is 2.49. The lowest BCUT2D eigenvalue weighted by molar-refractivity contribution is -0.163. The Morgan fingerprint density at radius 1 is 1.47 bits per heavy atom. The van der Waals surface area contributed by atoms with E-state index in [2.05, 4.69) is 5.10 Å². The molecule has 0 radical (unpaired) electrons. The van der Waals surface area contributed by atoms with Crippen molar-refractivity contribution in [2.24, 2.45) is 0 Å². The molecular formula is C7H5F4N3O3. The number of rotatable bonds is 4. The second-order valence-corrected chi connectivity index (χ2v) is 2.85. The number of aromatic nitrogens is 2. The van der Waals surface area contributed by atoms with E-state index >= 15 is 0 Å². The summed E-state index contributed by atoms with van der Waals surface area (Å²) in [6, 6.07) is 0.710. The molecule has 17 heavy (non-hydrogen) atoms. The summed E-state index contributed by atoms with van der Waals surface area (Å²) in [5, 5.41) is 14.8. The number of anilines is 1. The molecule has 0 bridgehead atoms. The van der Waals surface area contributed by atoms with Gasteiger partial charge in [-0.05, 0) is 0 Å². The van der Waals surface area contributed by atoms with E-state index < -0.39 is 35.7 Å². The Labute approximate surface area is 90.6 Å². The third kappa shape index (κ3) is 2.71. The summed E-state index contributed by atoms with van der Waals surface area (Å²) in [5.41, 5.74) is -0.485. The number of carbonyl (C=O) groups is 2. The van der Waals surface area contributed by atoms with E-state index in [1.165, 1.54) is 5.32 Å². The zero-order valence-corrected chi connectivity index (χ0v) is 7.88. The molecule has 0 saturated carbocycles. The number of carbonyl (C=O) groups excluding carboxylic acids is 1. The van der Waals surface area contributed by atoms with Crippen molar-refractivity contribution in [3.05, 3.63) is 11.8 Å². The van der Waals surface area contributed by atoms with Crippen LogP contribution in [0.3, 0.4) is 0 Å². The number of halogens is 4. The number of alkyl halides is 4. The fourth-order valence-electron chi connectivity index (χ4n) is 0.794. The van der Waals surface area contributed by atoms with Crippen molar-refractivity contribution in [2.75, 3.05) is 5.32 Å². The minimum atomic E-state index is -4.87. The van der Waals surface area contributed by atoms with Crippen LogP contribution < -0.4 is 5.32 Å². The summed E-state index contributed by atoms with van der Waals surface area (Å²) in [6.07, 6.45) is -4.17. The molecule has 0 aliphatic carbocycles. The van der Waals surface area contributed by atoms with Gasteiger partial charge in [0, 0.05) is 6.07 Å². The van der Waals surface area contributed by atoms with Gasteiger partial charge in [0.2, 0.25) is 0 Å². The van der Waals surface area contributed by atoms with Gasteiger partial charge in [-0.3, -0.25) is 9.89 Å². The summed E-state index contributed by atoms with van der Waals surface area (Å²) < 4.78 is 48.5. The van der Waals surface area contributed by atoms with E-state index in [0.717, 1.165) is 0 Å². The zero-order chi connectivity index (χ0) is 13.2. The van der Waals surface area contributed by atoms with Crippen LogP contribution in [0.5, 0.6) is 0 Å². The molecule has 94 valence electrons. The largest absolute Gasteiger partial charge is 0.477 e. The Kier molecular flexibility index (Phi) is 3.34. The Morgan fingerprint density at radius 3 is 2.47 bits per heavy atom. The van der Waals surface area contributed by atoms with Gasteiger partial charge in [0.05, 0.1) is 0 Å². The number of carboxylic acids is 1. The second-order valence-electron chi connectivity index (χ2n) is 2.85. The summed E-state index contributed by atoms with van der Waals surface area (Å²) in [5.74, 6) is -9.18. The topological polar surface area (TPSA) is 95.1 Å². The number of aromatic amines is 1. The van der Waals surface area contributed by atoms with E-state index in [1.807, 2.05) is 5.10 Å². The minimum Gasteiger partial charge on any atom is -0.477 e. The van der Waals surface area contributed by atoms with Gasteiger partial charge in [-0.15, -0.1) is 0 Å². The second kappa shape index (κ2) is 4.39. The Hall–Kier alpha value is -2.13. The lowest BCUT2D eigenvalue weighted by atomic mass is 10.3. The Balaban J connectivity index is 2.78. The van der Waals surface area contributed by atoms with E-state index in [4.69, 9.17) is 5.11 Å². The molecule has 1 heterocycles. The highest BCUT2D eigenvalue weighted by molar-refractivity contribution is 5.96. The van der Waals surface area contributed by atoms with Crippen LogP contribution in [-0.4, -0.2) is 39.5 Å². The van der Waals surface area contributed by atoms with E-state index in [9.17, 15) is 27.2 Å². The van der Waals surface area contributed by atoms with Gasteiger partial charge in [0.25, 0.3) is 0 Å². The van der Waals surface area contributed by atoms with Gasteiger partial charge < -0.3 is 10.4 Å². The molecule has 0 atom stereocenters. The smallest absolute Gasteiger partial charge is 0.383 e. The van der Waals surface area contributed by atoms with Gasteiger partial charge in [-0.25, -0.2) is 13.6 Å². The number of nitrogens with one attached hydrogen (secondary N) is 2. The highest BCUT2D eigenvalue weighted by atomic mass is 19.3. The van der Waals surface area contributed by atoms with Crippen LogP contribution in [0.15, 0.2) is 6.07 Å². The van der Waals surface area contributed by atoms with Crippen LogP contribution in [-0.2, 0) is 4.79 Å². The summed E-state index contributed by atoms with van der Waals surface area (Å²) >= 11 is 0. The first-order chi connectivity index (χ1) is 7.75. The maximum atomic E-state index is 12.5. The number of hydrogen-bond acceptors (Lipinski definition) is 3. The number of nitrogens with zero attached hydrogens (tertiary/aromatic N) is 1. The van der Waals surface area contributed by atoms with E-state index in [-0.39, 0.29) is 0 Å². The summed E-state index contributed by atoms with van der Waals surface area (Å²) in [4.78, 5) is 21.1. The van der Waals surface area contributed by atoms with Crippen LogP contribution in [0.25, 0.3) is 0 Å². The Bertz CT molecular complexity index is 445. The molecule has 1 amide bonds. The fraction of sp³-hybridized carbons (Fsp3) is 0.286. The first-order valence-electron chi connectivity index (χ1n) is 4.01. The van der Waals surface area contributed by atoms with Crippen molar-refractivity contribution in [2.45, 2.75) is 12.3 Å². The molecule has 6 nitrogen and oxygen atoms in total. The molecule has 1 aromatic heterocycles. The third-order valence-electron chi connectivity index (χ3n) is 1.63. The predicted octanol–water partition coefficient (Wildman–Crippen LogP) is 0.947. The molecule has 0 aliphatic heterocycles. The molecule has 0 fully saturated rings. The predicted molar refractivity (Wildman–Crippen MR) is 45.1 cm³/mol. The van der Waals surface area contributed by atoms with Crippen molar-refractivity contribution in [3.63, 3.8) is 0 Å². The molecule has 0 aromatic carbocycles. The number of hydrogen-bond donors (Lipinski definition) is 3. The van der Waals surface area contributed by atoms with Crippen LogP contribution in [0, 0.1) is 0 Å². The SMILES string of the molecule is O=C(O)c1cc(NC(=O)C(F)(F)C(F)F)n[nH]1. The maximum absolute atomic E-state index is 12.5. The Morgan fingerprint density at radius 2 is 2.06 bits per heavy atom. The molecule has 0 spiro atoms. The first-order valence-corrected chi connectivity index (χ1v) is 4.01. The molecular weight excluding hydrogens is 250 g/mol. The molecule has 1 aromatic rings. The monoisotopic (exact) mass is 255 g/mol. The van der Waals surface area contributed by atoms with Gasteiger partial charge >= 0.3 is 24.2 Å². The fourth-order valence-corrected chi connectivity index (χ4v) is 0.794. The van der Waals surface area contributed by atoms with Crippen LogP contribution in [0.1, 0.15) is 10.5 Å². The van der Waals surface area contributed by atoms with Crippen LogP contribution in [0.2, 0.25) is 0 Å². The zero-order valence-electron chi connectivity index (χ0n) is 7.88. The molecule has 1 rings (SSSR count). The number of carboxylic acid groups (broad SMARTS) is 1. The van der Waals surface area contributed by atoms with E-state index in [0.29, 0.717) is 6.07 Å². The number of H-pyrrole nitrogens is 1. The van der Waals surface area contributed by atoms with Gasteiger partial charge in [0.1, 0.15) is 5.69 Å². The molecule has 0 aliphatic rings. The van der Waals surface area contributed by atoms with Gasteiger partial charge in [-0.2, -0.15) is 13.9 Å². The van der Waals surface area contributed by atoms with Crippen LogP contribution >= 0.6 is 0 Å². The normalized spacial score (nSPS) is 11.6. The standard InChI is InChI=1S/C7H5F4N3O3/c8-5(9)7(10,11)6(17)12-3-1-2(4(15)16)13-14-3/h1,5H,(H,15,16)(H2,12,13,14,17). The number of aromatic carboxylic acids is 1. The number of amides is 1. The van der Waals surface area contributed by atoms with E-state index in [1.54, 1.807) is 0 Å². The van der Waals surface area contributed by atoms with Gasteiger partial charge in [0.15, 0.2) is 5.82 Å². The van der Waals surface area contributed by atoms with Gasteiger partial charge in [-0.1, -0.05) is 0 Å². The van der Waals surface area contributed by atoms with Crippen molar-refractivity contribution < 1.29 is 32.3 Å².